The monoisotopic (exact) mass is 495 g/mol. The Hall–Kier alpha value is -2.87. The lowest BCUT2D eigenvalue weighted by Gasteiger charge is -2.30. The van der Waals surface area contributed by atoms with Gasteiger partial charge in [0, 0.05) is 38.3 Å². The molecule has 0 aliphatic rings. The second-order valence-corrected chi connectivity index (χ2v) is 9.65. The van der Waals surface area contributed by atoms with Gasteiger partial charge in [0.2, 0.25) is 5.88 Å². The SMILES string of the molecule is CC[C@@H](C)N(Cc1c(-c2ccccc2)nn(C)c1Oc1ccccc1OC)C[C@H](O)COCC(C)C. The number of aromatic nitrogens is 2. The van der Waals surface area contributed by atoms with Crippen molar-refractivity contribution in [3.8, 4) is 28.6 Å². The maximum absolute atomic E-state index is 10.8. The van der Waals surface area contributed by atoms with Crippen LogP contribution >= 0.6 is 0 Å². The zero-order valence-corrected chi connectivity index (χ0v) is 22.5. The van der Waals surface area contributed by atoms with Gasteiger partial charge in [0.15, 0.2) is 11.5 Å². The summed E-state index contributed by atoms with van der Waals surface area (Å²) in [4.78, 5) is 2.28. The molecule has 0 aliphatic heterocycles. The second kappa shape index (κ2) is 13.4. The third kappa shape index (κ3) is 7.32. The van der Waals surface area contributed by atoms with Crippen molar-refractivity contribution >= 4 is 0 Å². The van der Waals surface area contributed by atoms with Crippen molar-refractivity contribution in [3.05, 3.63) is 60.2 Å². The minimum absolute atomic E-state index is 0.243. The zero-order valence-electron chi connectivity index (χ0n) is 22.5. The second-order valence-electron chi connectivity index (χ2n) is 9.65. The smallest absolute Gasteiger partial charge is 0.222 e. The van der Waals surface area contributed by atoms with Crippen LogP contribution in [-0.2, 0) is 18.3 Å². The Morgan fingerprint density at radius 2 is 1.64 bits per heavy atom. The summed E-state index contributed by atoms with van der Waals surface area (Å²) >= 11 is 0. The molecule has 196 valence electrons. The highest BCUT2D eigenvalue weighted by atomic mass is 16.5. The number of aliphatic hydroxyl groups is 1. The predicted octanol–water partition coefficient (Wildman–Crippen LogP) is 5.52. The molecule has 7 heteroatoms. The average molecular weight is 496 g/mol. The maximum Gasteiger partial charge on any atom is 0.222 e. The zero-order chi connectivity index (χ0) is 26.1. The highest BCUT2D eigenvalue weighted by Gasteiger charge is 2.26. The molecule has 1 aromatic heterocycles. The Bertz CT molecular complexity index is 1070. The first-order valence-corrected chi connectivity index (χ1v) is 12.8. The van der Waals surface area contributed by atoms with Crippen molar-refractivity contribution in [2.75, 3.05) is 26.9 Å². The molecule has 7 nitrogen and oxygen atoms in total. The summed E-state index contributed by atoms with van der Waals surface area (Å²) in [5, 5.41) is 15.6. The Labute approximate surface area is 215 Å². The van der Waals surface area contributed by atoms with E-state index in [1.807, 2.05) is 49.5 Å². The van der Waals surface area contributed by atoms with E-state index in [1.54, 1.807) is 11.8 Å². The van der Waals surface area contributed by atoms with E-state index < -0.39 is 6.10 Å². The van der Waals surface area contributed by atoms with Gasteiger partial charge in [-0.1, -0.05) is 63.2 Å². The third-order valence-corrected chi connectivity index (χ3v) is 6.19. The van der Waals surface area contributed by atoms with Gasteiger partial charge in [0.1, 0.15) is 5.69 Å². The van der Waals surface area contributed by atoms with Crippen molar-refractivity contribution in [2.45, 2.75) is 52.8 Å². The number of benzene rings is 2. The normalized spacial score (nSPS) is 13.2. The molecule has 0 bridgehead atoms. The average Bonchev–Trinajstić information content (AvgIpc) is 3.18. The molecule has 36 heavy (non-hydrogen) atoms. The van der Waals surface area contributed by atoms with Gasteiger partial charge in [-0.2, -0.15) is 5.10 Å². The first kappa shape index (κ1) is 27.7. The van der Waals surface area contributed by atoms with E-state index in [9.17, 15) is 5.11 Å². The Morgan fingerprint density at radius 1 is 0.972 bits per heavy atom. The highest BCUT2D eigenvalue weighted by molar-refractivity contribution is 5.66. The van der Waals surface area contributed by atoms with Gasteiger partial charge in [-0.05, 0) is 31.4 Å². The minimum Gasteiger partial charge on any atom is -0.493 e. The van der Waals surface area contributed by atoms with Gasteiger partial charge in [-0.3, -0.25) is 4.90 Å². The highest BCUT2D eigenvalue weighted by Crippen LogP contribution is 2.37. The van der Waals surface area contributed by atoms with Gasteiger partial charge in [-0.25, -0.2) is 4.68 Å². The molecule has 0 radical (unpaired) electrons. The fourth-order valence-corrected chi connectivity index (χ4v) is 4.08. The molecule has 3 aromatic rings. The lowest BCUT2D eigenvalue weighted by molar-refractivity contribution is 0.0000398. The summed E-state index contributed by atoms with van der Waals surface area (Å²) in [5.41, 5.74) is 2.84. The van der Waals surface area contributed by atoms with Crippen molar-refractivity contribution in [2.24, 2.45) is 13.0 Å². The van der Waals surface area contributed by atoms with Crippen LogP contribution in [0.3, 0.4) is 0 Å². The minimum atomic E-state index is -0.590. The van der Waals surface area contributed by atoms with Crippen LogP contribution < -0.4 is 9.47 Å². The fraction of sp³-hybridized carbons (Fsp3) is 0.483. The third-order valence-electron chi connectivity index (χ3n) is 6.19. The molecule has 3 rings (SSSR count). The van der Waals surface area contributed by atoms with Crippen LogP contribution in [0.2, 0.25) is 0 Å². The number of ether oxygens (including phenoxy) is 3. The van der Waals surface area contributed by atoms with E-state index >= 15 is 0 Å². The molecule has 2 aromatic carbocycles. The number of nitrogens with zero attached hydrogens (tertiary/aromatic N) is 3. The van der Waals surface area contributed by atoms with Crippen molar-refractivity contribution in [1.29, 1.82) is 0 Å². The van der Waals surface area contributed by atoms with E-state index in [1.165, 1.54) is 0 Å². The summed E-state index contributed by atoms with van der Waals surface area (Å²) in [6.45, 7) is 10.6. The molecule has 1 heterocycles. The largest absolute Gasteiger partial charge is 0.493 e. The van der Waals surface area contributed by atoms with Crippen LogP contribution in [0.1, 0.15) is 39.7 Å². The molecule has 0 aliphatic carbocycles. The van der Waals surface area contributed by atoms with Crippen molar-refractivity contribution in [3.63, 3.8) is 0 Å². The van der Waals surface area contributed by atoms with Gasteiger partial charge in [0.05, 0.1) is 25.4 Å². The molecular weight excluding hydrogens is 454 g/mol. The molecular formula is C29H41N3O4. The predicted molar refractivity (Wildman–Crippen MR) is 144 cm³/mol. The van der Waals surface area contributed by atoms with Crippen molar-refractivity contribution in [1.82, 2.24) is 14.7 Å². The summed E-state index contributed by atoms with van der Waals surface area (Å²) in [5.74, 6) is 2.36. The van der Waals surface area contributed by atoms with E-state index in [2.05, 4.69) is 44.7 Å². The number of hydrogen-bond acceptors (Lipinski definition) is 6. The standard InChI is InChI=1S/C29H41N3O4/c1-7-22(4)32(17-24(33)20-35-19-21(2)3)18-25-28(23-13-9-8-10-14-23)30-31(5)29(25)36-27-16-12-11-15-26(27)34-6/h8-16,21-22,24,33H,7,17-20H2,1-6H3/t22-,24+/m1/s1. The van der Waals surface area contributed by atoms with Crippen LogP contribution in [0.4, 0.5) is 0 Å². The lowest BCUT2D eigenvalue weighted by atomic mass is 10.1. The number of rotatable bonds is 14. The molecule has 0 amide bonds. The first-order valence-electron chi connectivity index (χ1n) is 12.8. The van der Waals surface area contributed by atoms with Crippen LogP contribution in [0.5, 0.6) is 17.4 Å². The van der Waals surface area contributed by atoms with Gasteiger partial charge in [-0.15, -0.1) is 0 Å². The van der Waals surface area contributed by atoms with E-state index in [0.717, 1.165) is 23.2 Å². The fourth-order valence-electron chi connectivity index (χ4n) is 4.08. The summed E-state index contributed by atoms with van der Waals surface area (Å²) in [6.07, 6.45) is 0.358. The Balaban J connectivity index is 1.96. The van der Waals surface area contributed by atoms with Crippen LogP contribution in [0.15, 0.2) is 54.6 Å². The van der Waals surface area contributed by atoms with Crippen LogP contribution in [0, 0.1) is 5.92 Å². The van der Waals surface area contributed by atoms with E-state index in [4.69, 9.17) is 19.3 Å². The van der Waals surface area contributed by atoms with Crippen LogP contribution in [0.25, 0.3) is 11.3 Å². The van der Waals surface area contributed by atoms with Gasteiger partial charge >= 0.3 is 0 Å². The topological polar surface area (TPSA) is 69.0 Å². The van der Waals surface area contributed by atoms with E-state index in [0.29, 0.717) is 49.6 Å². The number of aliphatic hydroxyl groups excluding tert-OH is 1. The summed E-state index contributed by atoms with van der Waals surface area (Å²) in [7, 11) is 3.53. The van der Waals surface area contributed by atoms with Crippen molar-refractivity contribution < 1.29 is 19.3 Å². The number of hydrogen-bond donors (Lipinski definition) is 1. The summed E-state index contributed by atoms with van der Waals surface area (Å²) in [6, 6.07) is 18.0. The molecule has 0 spiro atoms. The summed E-state index contributed by atoms with van der Waals surface area (Å²) < 4.78 is 19.5. The van der Waals surface area contributed by atoms with Gasteiger partial charge < -0.3 is 19.3 Å². The molecule has 0 saturated heterocycles. The number of para-hydroxylation sites is 2. The van der Waals surface area contributed by atoms with E-state index in [-0.39, 0.29) is 6.04 Å². The maximum atomic E-state index is 10.8. The first-order chi connectivity index (χ1) is 17.3. The Morgan fingerprint density at radius 3 is 2.28 bits per heavy atom. The number of methoxy groups -OCH3 is 1. The van der Waals surface area contributed by atoms with Crippen LogP contribution in [-0.4, -0.2) is 58.8 Å². The number of aryl methyl sites for hydroxylation is 1. The molecule has 0 saturated carbocycles. The lowest BCUT2D eigenvalue weighted by Crippen LogP contribution is -2.40. The Kier molecular flexibility index (Phi) is 10.3. The molecule has 0 fully saturated rings. The quantitative estimate of drug-likeness (QED) is 0.318. The molecule has 0 unspecified atom stereocenters. The van der Waals surface area contributed by atoms with Gasteiger partial charge in [0.25, 0.3) is 0 Å². The molecule has 1 N–H and O–H groups in total. The molecule has 2 atom stereocenters.